The maximum atomic E-state index is 12.4. The van der Waals surface area contributed by atoms with Crippen molar-refractivity contribution in [2.75, 3.05) is 13.2 Å². The molecule has 2 rings (SSSR count). The average molecular weight is 361 g/mol. The maximum absolute atomic E-state index is 12.4. The van der Waals surface area contributed by atoms with Crippen LogP contribution in [0.3, 0.4) is 0 Å². The van der Waals surface area contributed by atoms with Gasteiger partial charge in [-0.2, -0.15) is 0 Å². The van der Waals surface area contributed by atoms with Crippen LogP contribution >= 0.6 is 11.8 Å². The van der Waals surface area contributed by atoms with Gasteiger partial charge in [0, 0.05) is 0 Å². The van der Waals surface area contributed by atoms with Crippen molar-refractivity contribution in [3.05, 3.63) is 47.4 Å². The second-order valence-electron chi connectivity index (χ2n) is 5.48. The number of hydrogen-bond donors (Lipinski definition) is 0. The molecular weight excluding hydrogens is 342 g/mol. The van der Waals surface area contributed by atoms with Gasteiger partial charge in [-0.3, -0.25) is 19.3 Å². The van der Waals surface area contributed by atoms with Gasteiger partial charge in [0.25, 0.3) is 11.1 Å². The van der Waals surface area contributed by atoms with E-state index in [-0.39, 0.29) is 17.6 Å². The number of thioether (sulfide) groups is 1. The zero-order chi connectivity index (χ0) is 18.4. The first-order chi connectivity index (χ1) is 11.9. The third kappa shape index (κ3) is 5.22. The van der Waals surface area contributed by atoms with Gasteiger partial charge >= 0.3 is 5.97 Å². The summed E-state index contributed by atoms with van der Waals surface area (Å²) in [6.07, 6.45) is 2.93. The zero-order valence-electron chi connectivity index (χ0n) is 14.1. The van der Waals surface area contributed by atoms with Crippen LogP contribution in [0.2, 0.25) is 0 Å². The van der Waals surface area contributed by atoms with Gasteiger partial charge in [0.05, 0.1) is 11.0 Å². The van der Waals surface area contributed by atoms with Crippen LogP contribution in [0.15, 0.2) is 41.8 Å². The van der Waals surface area contributed by atoms with E-state index < -0.39 is 17.1 Å². The van der Waals surface area contributed by atoms with Gasteiger partial charge in [-0.05, 0) is 49.4 Å². The van der Waals surface area contributed by atoms with Gasteiger partial charge in [-0.1, -0.05) is 24.8 Å². The highest BCUT2D eigenvalue weighted by molar-refractivity contribution is 8.18. The summed E-state index contributed by atoms with van der Waals surface area (Å²) in [4.78, 5) is 37.2. The molecule has 1 aliphatic heterocycles. The van der Waals surface area contributed by atoms with Crippen LogP contribution in [-0.2, 0) is 14.3 Å². The molecule has 1 aromatic carbocycles. The average Bonchev–Trinajstić information content (AvgIpc) is 2.80. The molecule has 0 radical (unpaired) electrons. The number of amides is 2. The molecule has 1 heterocycles. The van der Waals surface area contributed by atoms with Gasteiger partial charge in [-0.15, -0.1) is 0 Å². The largest absolute Gasteiger partial charge is 0.490 e. The van der Waals surface area contributed by atoms with Crippen LogP contribution in [0.1, 0.15) is 19.4 Å². The molecule has 0 bridgehead atoms. The third-order valence-corrected chi connectivity index (χ3v) is 3.96. The van der Waals surface area contributed by atoms with Crippen molar-refractivity contribution in [1.29, 1.82) is 0 Å². The first kappa shape index (κ1) is 18.8. The van der Waals surface area contributed by atoms with Gasteiger partial charge in [0.1, 0.15) is 18.9 Å². The number of hydrogen-bond acceptors (Lipinski definition) is 6. The number of ether oxygens (including phenoxy) is 2. The Morgan fingerprint density at radius 2 is 2.12 bits per heavy atom. The van der Waals surface area contributed by atoms with E-state index in [2.05, 4.69) is 6.58 Å². The summed E-state index contributed by atoms with van der Waals surface area (Å²) in [6.45, 7) is 6.97. The minimum Gasteiger partial charge on any atom is -0.490 e. The first-order valence-corrected chi connectivity index (χ1v) is 8.51. The standard InChI is InChI=1S/C18H19NO5S/c1-4-8-23-14-7-5-6-13(9-14)10-15-17(21)19(18(22)25-15)11-16(20)24-12(2)3/h4-7,9-10,12H,1,8,11H2,2-3H3/b15-10-. The lowest BCUT2D eigenvalue weighted by atomic mass is 10.2. The predicted molar refractivity (Wildman–Crippen MR) is 96.0 cm³/mol. The van der Waals surface area contributed by atoms with E-state index in [0.717, 1.165) is 22.2 Å². The molecule has 0 spiro atoms. The number of rotatable bonds is 7. The molecular formula is C18H19NO5S. The topological polar surface area (TPSA) is 72.9 Å². The smallest absolute Gasteiger partial charge is 0.326 e. The van der Waals surface area contributed by atoms with Crippen LogP contribution in [0, 0.1) is 0 Å². The second-order valence-corrected chi connectivity index (χ2v) is 6.47. The van der Waals surface area contributed by atoms with E-state index in [1.165, 1.54) is 0 Å². The summed E-state index contributed by atoms with van der Waals surface area (Å²) in [6, 6.07) is 7.12. The molecule has 0 saturated carbocycles. The molecule has 1 aliphatic rings. The zero-order valence-corrected chi connectivity index (χ0v) is 14.9. The summed E-state index contributed by atoms with van der Waals surface area (Å²) in [5.41, 5.74) is 0.719. The Balaban J connectivity index is 2.11. The maximum Gasteiger partial charge on any atom is 0.326 e. The lowest BCUT2D eigenvalue weighted by Crippen LogP contribution is -2.35. The number of carbonyl (C=O) groups excluding carboxylic acids is 3. The van der Waals surface area contributed by atoms with Gasteiger partial charge in [0.2, 0.25) is 0 Å². The molecule has 6 nitrogen and oxygen atoms in total. The van der Waals surface area contributed by atoms with Crippen molar-refractivity contribution >= 4 is 35.0 Å². The Labute approximate surface area is 150 Å². The predicted octanol–water partition coefficient (Wildman–Crippen LogP) is 3.24. The Bertz CT molecular complexity index is 726. The van der Waals surface area contributed by atoms with E-state index in [1.54, 1.807) is 50.3 Å². The fraction of sp³-hybridized carbons (Fsp3) is 0.278. The Morgan fingerprint density at radius 1 is 1.36 bits per heavy atom. The quantitative estimate of drug-likeness (QED) is 0.422. The number of esters is 1. The number of nitrogens with zero attached hydrogens (tertiary/aromatic N) is 1. The molecule has 0 aromatic heterocycles. The molecule has 2 amide bonds. The Hall–Kier alpha value is -2.54. The van der Waals surface area contributed by atoms with Crippen LogP contribution in [0.4, 0.5) is 4.79 Å². The van der Waals surface area contributed by atoms with E-state index in [1.807, 2.05) is 0 Å². The first-order valence-electron chi connectivity index (χ1n) is 7.69. The molecule has 0 atom stereocenters. The highest BCUT2D eigenvalue weighted by atomic mass is 32.2. The molecule has 0 aliphatic carbocycles. The van der Waals surface area contributed by atoms with Crippen LogP contribution < -0.4 is 4.74 Å². The molecule has 0 N–H and O–H groups in total. The molecule has 1 aromatic rings. The highest BCUT2D eigenvalue weighted by Crippen LogP contribution is 2.32. The van der Waals surface area contributed by atoms with Crippen LogP contribution in [0.25, 0.3) is 6.08 Å². The third-order valence-electron chi connectivity index (χ3n) is 3.05. The SMILES string of the molecule is C=CCOc1cccc(/C=C2\SC(=O)N(CC(=O)OC(C)C)C2=O)c1. The second kappa shape index (κ2) is 8.53. The Morgan fingerprint density at radius 3 is 2.80 bits per heavy atom. The molecule has 0 unspecified atom stereocenters. The number of imide groups is 1. The summed E-state index contributed by atoms with van der Waals surface area (Å²) in [5.74, 6) is -0.486. The summed E-state index contributed by atoms with van der Waals surface area (Å²) in [5, 5.41) is -0.490. The molecule has 1 fully saturated rings. The van der Waals surface area contributed by atoms with E-state index in [4.69, 9.17) is 9.47 Å². The lowest BCUT2D eigenvalue weighted by Gasteiger charge is -2.13. The van der Waals surface area contributed by atoms with Crippen LogP contribution in [-0.4, -0.2) is 41.3 Å². The van der Waals surface area contributed by atoms with Crippen molar-refractivity contribution in [1.82, 2.24) is 4.90 Å². The van der Waals surface area contributed by atoms with E-state index >= 15 is 0 Å². The fourth-order valence-corrected chi connectivity index (χ4v) is 2.90. The molecule has 25 heavy (non-hydrogen) atoms. The Kier molecular flexibility index (Phi) is 6.41. The monoisotopic (exact) mass is 361 g/mol. The summed E-state index contributed by atoms with van der Waals surface area (Å²) in [7, 11) is 0. The summed E-state index contributed by atoms with van der Waals surface area (Å²) < 4.78 is 10.4. The van der Waals surface area contributed by atoms with Crippen molar-refractivity contribution in [3.8, 4) is 5.75 Å². The summed E-state index contributed by atoms with van der Waals surface area (Å²) >= 11 is 0.795. The van der Waals surface area contributed by atoms with Crippen LogP contribution in [0.5, 0.6) is 5.75 Å². The van der Waals surface area contributed by atoms with E-state index in [0.29, 0.717) is 12.4 Å². The van der Waals surface area contributed by atoms with Gasteiger partial charge < -0.3 is 9.47 Å². The minimum atomic E-state index is -0.613. The number of carbonyl (C=O) groups is 3. The van der Waals surface area contributed by atoms with Gasteiger partial charge in [-0.25, -0.2) is 0 Å². The highest BCUT2D eigenvalue weighted by Gasteiger charge is 2.36. The number of benzene rings is 1. The van der Waals surface area contributed by atoms with Crippen molar-refractivity contribution in [2.45, 2.75) is 20.0 Å². The van der Waals surface area contributed by atoms with Crippen molar-refractivity contribution in [3.63, 3.8) is 0 Å². The van der Waals surface area contributed by atoms with Gasteiger partial charge in [0.15, 0.2) is 0 Å². The van der Waals surface area contributed by atoms with E-state index in [9.17, 15) is 14.4 Å². The van der Waals surface area contributed by atoms with Crippen molar-refractivity contribution < 1.29 is 23.9 Å². The fourth-order valence-electron chi connectivity index (χ4n) is 2.07. The minimum absolute atomic E-state index is 0.253. The lowest BCUT2D eigenvalue weighted by molar-refractivity contribution is -0.149. The normalized spacial score (nSPS) is 15.8. The molecule has 1 saturated heterocycles. The molecule has 7 heteroatoms. The van der Waals surface area contributed by atoms with Crippen molar-refractivity contribution in [2.24, 2.45) is 0 Å². The molecule has 132 valence electrons.